The Balaban J connectivity index is 3.15. The van der Waals surface area contributed by atoms with Crippen molar-refractivity contribution in [3.8, 4) is 12.3 Å². The summed E-state index contributed by atoms with van der Waals surface area (Å²) in [6, 6.07) is 4.20. The van der Waals surface area contributed by atoms with Crippen molar-refractivity contribution in [2.45, 2.75) is 6.61 Å². The zero-order valence-corrected chi connectivity index (χ0v) is 5.84. The molecule has 0 aliphatic heterocycles. The fraction of sp³-hybridized carbons (Fsp3) is 0.111. The van der Waals surface area contributed by atoms with Crippen molar-refractivity contribution in [3.05, 3.63) is 35.1 Å². The van der Waals surface area contributed by atoms with Crippen LogP contribution in [0.25, 0.3) is 0 Å². The van der Waals surface area contributed by atoms with Crippen LogP contribution < -0.4 is 0 Å². The molecule has 0 unspecified atom stereocenters. The standard InChI is InChI=1S/C9H7FO/c1-2-8-5-7(6-11)3-4-9(8)10/h1,3-5,11H,6H2. The zero-order chi connectivity index (χ0) is 8.27. The van der Waals surface area contributed by atoms with Crippen LogP contribution in [0.1, 0.15) is 11.1 Å². The van der Waals surface area contributed by atoms with E-state index in [1.54, 1.807) is 0 Å². The van der Waals surface area contributed by atoms with Crippen LogP contribution in [0.15, 0.2) is 18.2 Å². The molecular formula is C9H7FO. The Morgan fingerprint density at radius 1 is 1.55 bits per heavy atom. The van der Waals surface area contributed by atoms with Gasteiger partial charge in [0.05, 0.1) is 12.2 Å². The second kappa shape index (κ2) is 3.18. The van der Waals surface area contributed by atoms with Gasteiger partial charge >= 0.3 is 0 Å². The Labute approximate surface area is 64.5 Å². The van der Waals surface area contributed by atoms with Gasteiger partial charge in [0.15, 0.2) is 0 Å². The fourth-order valence-corrected chi connectivity index (χ4v) is 0.781. The molecular weight excluding hydrogens is 143 g/mol. The highest BCUT2D eigenvalue weighted by atomic mass is 19.1. The minimum atomic E-state index is -0.426. The van der Waals surface area contributed by atoms with Crippen LogP contribution in [0, 0.1) is 18.2 Å². The van der Waals surface area contributed by atoms with Gasteiger partial charge in [-0.3, -0.25) is 0 Å². The van der Waals surface area contributed by atoms with Gasteiger partial charge in [0.1, 0.15) is 5.82 Å². The summed E-state index contributed by atoms with van der Waals surface area (Å²) in [4.78, 5) is 0. The van der Waals surface area contributed by atoms with Gasteiger partial charge in [-0.1, -0.05) is 12.0 Å². The van der Waals surface area contributed by atoms with Crippen molar-refractivity contribution in [2.24, 2.45) is 0 Å². The lowest BCUT2D eigenvalue weighted by Gasteiger charge is -1.97. The van der Waals surface area contributed by atoms with E-state index in [4.69, 9.17) is 11.5 Å². The number of hydrogen-bond acceptors (Lipinski definition) is 1. The van der Waals surface area contributed by atoms with Crippen molar-refractivity contribution < 1.29 is 9.50 Å². The van der Waals surface area contributed by atoms with E-state index in [1.807, 2.05) is 0 Å². The summed E-state index contributed by atoms with van der Waals surface area (Å²) < 4.78 is 12.7. The maximum atomic E-state index is 12.7. The summed E-state index contributed by atoms with van der Waals surface area (Å²) in [5.41, 5.74) is 0.816. The fourth-order valence-electron chi connectivity index (χ4n) is 0.781. The topological polar surface area (TPSA) is 20.2 Å². The molecule has 0 aliphatic rings. The van der Waals surface area contributed by atoms with Gasteiger partial charge in [-0.25, -0.2) is 4.39 Å². The Morgan fingerprint density at radius 3 is 2.82 bits per heavy atom. The lowest BCUT2D eigenvalue weighted by atomic mass is 10.1. The van der Waals surface area contributed by atoms with Crippen molar-refractivity contribution in [1.82, 2.24) is 0 Å². The summed E-state index contributed by atoms with van der Waals surface area (Å²) in [5, 5.41) is 8.66. The number of benzene rings is 1. The molecule has 0 radical (unpaired) electrons. The lowest BCUT2D eigenvalue weighted by Crippen LogP contribution is -1.88. The minimum absolute atomic E-state index is 0.116. The van der Waals surface area contributed by atoms with E-state index >= 15 is 0 Å². The average molecular weight is 150 g/mol. The number of aliphatic hydroxyl groups is 1. The first-order chi connectivity index (χ1) is 5.27. The van der Waals surface area contributed by atoms with Crippen LogP contribution in [0.3, 0.4) is 0 Å². The minimum Gasteiger partial charge on any atom is -0.392 e. The Morgan fingerprint density at radius 2 is 2.27 bits per heavy atom. The van der Waals surface area contributed by atoms with Crippen LogP contribution in [0.2, 0.25) is 0 Å². The Bertz CT molecular complexity index is 299. The highest BCUT2D eigenvalue weighted by molar-refractivity contribution is 5.36. The second-order valence-electron chi connectivity index (χ2n) is 2.12. The molecule has 0 amide bonds. The molecule has 56 valence electrons. The van der Waals surface area contributed by atoms with E-state index < -0.39 is 5.82 Å². The zero-order valence-electron chi connectivity index (χ0n) is 5.84. The van der Waals surface area contributed by atoms with Crippen LogP contribution in [-0.4, -0.2) is 5.11 Å². The normalized spacial score (nSPS) is 9.18. The van der Waals surface area contributed by atoms with E-state index in [0.29, 0.717) is 5.56 Å². The molecule has 0 saturated heterocycles. The van der Waals surface area contributed by atoms with Crippen LogP contribution >= 0.6 is 0 Å². The molecule has 1 rings (SSSR count). The smallest absolute Gasteiger partial charge is 0.138 e. The summed E-state index contributed by atoms with van der Waals surface area (Å²) in [6.07, 6.45) is 5.00. The Hall–Kier alpha value is -1.33. The van der Waals surface area contributed by atoms with Crippen LogP contribution in [0.4, 0.5) is 4.39 Å². The number of aliphatic hydroxyl groups excluding tert-OH is 1. The summed E-state index contributed by atoms with van der Waals surface area (Å²) >= 11 is 0. The lowest BCUT2D eigenvalue weighted by molar-refractivity contribution is 0.281. The molecule has 0 fully saturated rings. The van der Waals surface area contributed by atoms with Gasteiger partial charge in [0, 0.05) is 0 Å². The number of rotatable bonds is 1. The SMILES string of the molecule is C#Cc1cc(CO)ccc1F. The maximum Gasteiger partial charge on any atom is 0.138 e. The molecule has 2 heteroatoms. The van der Waals surface area contributed by atoms with E-state index in [1.165, 1.54) is 18.2 Å². The molecule has 0 spiro atoms. The van der Waals surface area contributed by atoms with Gasteiger partial charge < -0.3 is 5.11 Å². The van der Waals surface area contributed by atoms with Gasteiger partial charge in [0.25, 0.3) is 0 Å². The summed E-state index contributed by atoms with van der Waals surface area (Å²) in [5.74, 6) is 1.76. The maximum absolute atomic E-state index is 12.7. The molecule has 11 heavy (non-hydrogen) atoms. The largest absolute Gasteiger partial charge is 0.392 e. The molecule has 0 saturated carbocycles. The number of halogens is 1. The van der Waals surface area contributed by atoms with Crippen LogP contribution in [0.5, 0.6) is 0 Å². The molecule has 1 N–H and O–H groups in total. The molecule has 0 heterocycles. The van der Waals surface area contributed by atoms with Crippen molar-refractivity contribution >= 4 is 0 Å². The third-order valence-electron chi connectivity index (χ3n) is 1.37. The van der Waals surface area contributed by atoms with Crippen molar-refractivity contribution in [3.63, 3.8) is 0 Å². The third kappa shape index (κ3) is 1.57. The average Bonchev–Trinajstić information content (AvgIpc) is 2.05. The first kappa shape index (κ1) is 7.77. The molecule has 1 aromatic rings. The Kier molecular flexibility index (Phi) is 2.25. The molecule has 0 atom stereocenters. The number of hydrogen-bond donors (Lipinski definition) is 1. The third-order valence-corrected chi connectivity index (χ3v) is 1.37. The summed E-state index contributed by atoms with van der Waals surface area (Å²) in [7, 11) is 0. The van der Waals surface area contributed by atoms with E-state index in [2.05, 4.69) is 5.92 Å². The van der Waals surface area contributed by atoms with Gasteiger partial charge in [-0.15, -0.1) is 6.42 Å². The van der Waals surface area contributed by atoms with E-state index in [-0.39, 0.29) is 12.2 Å². The molecule has 0 aromatic heterocycles. The van der Waals surface area contributed by atoms with Crippen molar-refractivity contribution in [1.29, 1.82) is 0 Å². The first-order valence-electron chi connectivity index (χ1n) is 3.14. The highest BCUT2D eigenvalue weighted by Crippen LogP contribution is 2.08. The molecule has 0 aliphatic carbocycles. The molecule has 1 nitrogen and oxygen atoms in total. The number of terminal acetylenes is 1. The predicted octanol–water partition coefficient (Wildman–Crippen LogP) is 1.30. The molecule has 1 aromatic carbocycles. The van der Waals surface area contributed by atoms with E-state index in [9.17, 15) is 4.39 Å². The van der Waals surface area contributed by atoms with Gasteiger partial charge in [-0.2, -0.15) is 0 Å². The molecule has 0 bridgehead atoms. The van der Waals surface area contributed by atoms with Gasteiger partial charge in [-0.05, 0) is 17.7 Å². The van der Waals surface area contributed by atoms with Crippen LogP contribution in [-0.2, 0) is 6.61 Å². The monoisotopic (exact) mass is 150 g/mol. The highest BCUT2D eigenvalue weighted by Gasteiger charge is 1.98. The first-order valence-corrected chi connectivity index (χ1v) is 3.14. The predicted molar refractivity (Wildman–Crippen MR) is 40.3 cm³/mol. The second-order valence-corrected chi connectivity index (χ2v) is 2.12. The summed E-state index contributed by atoms with van der Waals surface area (Å²) in [6.45, 7) is -0.116. The van der Waals surface area contributed by atoms with Gasteiger partial charge in [0.2, 0.25) is 0 Å². The quantitative estimate of drug-likeness (QED) is 0.598. The van der Waals surface area contributed by atoms with Crippen molar-refractivity contribution in [2.75, 3.05) is 0 Å². The van der Waals surface area contributed by atoms with E-state index in [0.717, 1.165) is 0 Å².